The number of hydrogen-bond acceptors (Lipinski definition) is 1. The van der Waals surface area contributed by atoms with Crippen LogP contribution in [0, 0.1) is 17.5 Å². The third kappa shape index (κ3) is 2.96. The minimum Gasteiger partial charge on any atom is -0.294 e. The van der Waals surface area contributed by atoms with Crippen molar-refractivity contribution in [3.05, 3.63) is 70.0 Å². The van der Waals surface area contributed by atoms with Gasteiger partial charge < -0.3 is 0 Å². The number of carbonyl (C=O) groups excluding carboxylic acids is 1. The number of benzene rings is 2. The molecule has 19 heavy (non-hydrogen) atoms. The Labute approximate surface area is 112 Å². The molecule has 0 fully saturated rings. The van der Waals surface area contributed by atoms with Crippen LogP contribution in [0.3, 0.4) is 0 Å². The molecule has 98 valence electrons. The molecular weight excluding hydrogens is 277 g/mol. The molecule has 0 bridgehead atoms. The van der Waals surface area contributed by atoms with E-state index in [0.29, 0.717) is 0 Å². The van der Waals surface area contributed by atoms with Crippen LogP contribution < -0.4 is 0 Å². The minimum absolute atomic E-state index is 0.106. The maximum absolute atomic E-state index is 13.4. The van der Waals surface area contributed by atoms with Crippen molar-refractivity contribution >= 4 is 17.4 Å². The lowest BCUT2D eigenvalue weighted by Crippen LogP contribution is -2.07. The van der Waals surface area contributed by atoms with E-state index in [1.165, 1.54) is 12.1 Å². The van der Waals surface area contributed by atoms with Crippen LogP contribution in [0.1, 0.15) is 15.9 Å². The molecule has 5 heteroatoms. The van der Waals surface area contributed by atoms with Crippen molar-refractivity contribution < 1.29 is 18.0 Å². The average molecular weight is 285 g/mol. The summed E-state index contributed by atoms with van der Waals surface area (Å²) in [6.45, 7) is 0. The van der Waals surface area contributed by atoms with Crippen LogP contribution >= 0.6 is 11.6 Å². The zero-order valence-corrected chi connectivity index (χ0v) is 10.3. The van der Waals surface area contributed by atoms with Gasteiger partial charge >= 0.3 is 0 Å². The molecule has 0 heterocycles. The second-order valence-electron chi connectivity index (χ2n) is 3.93. The molecule has 0 radical (unpaired) electrons. The van der Waals surface area contributed by atoms with Crippen molar-refractivity contribution in [2.45, 2.75) is 6.42 Å². The molecule has 0 aliphatic rings. The molecule has 2 aromatic carbocycles. The number of rotatable bonds is 3. The summed E-state index contributed by atoms with van der Waals surface area (Å²) in [4.78, 5) is 11.9. The molecule has 0 unspecified atom stereocenters. The Balaban J connectivity index is 2.28. The van der Waals surface area contributed by atoms with Gasteiger partial charge in [0.15, 0.2) is 5.78 Å². The predicted molar refractivity (Wildman–Crippen MR) is 65.8 cm³/mol. The molecule has 0 aliphatic heterocycles. The van der Waals surface area contributed by atoms with Gasteiger partial charge in [-0.05, 0) is 30.3 Å². The highest BCUT2D eigenvalue weighted by Gasteiger charge is 2.15. The topological polar surface area (TPSA) is 17.1 Å². The predicted octanol–water partition coefficient (Wildman–Crippen LogP) is 4.18. The van der Waals surface area contributed by atoms with Crippen molar-refractivity contribution in [2.75, 3.05) is 0 Å². The van der Waals surface area contributed by atoms with Crippen LogP contribution in [0.15, 0.2) is 36.4 Å². The highest BCUT2D eigenvalue weighted by atomic mass is 35.5. The molecule has 0 saturated carbocycles. The van der Waals surface area contributed by atoms with Crippen molar-refractivity contribution in [3.63, 3.8) is 0 Å². The first-order valence-corrected chi connectivity index (χ1v) is 5.78. The van der Waals surface area contributed by atoms with Gasteiger partial charge in [0, 0.05) is 17.5 Å². The van der Waals surface area contributed by atoms with Gasteiger partial charge in [0.2, 0.25) is 0 Å². The standard InChI is InChI=1S/C14H8ClF3O/c15-10-6-8(4-5-13(10)18)14(19)7-9-11(16)2-1-3-12(9)17/h1-6H,7H2. The molecule has 1 nitrogen and oxygen atoms in total. The summed E-state index contributed by atoms with van der Waals surface area (Å²) in [5.41, 5.74) is -0.206. The lowest BCUT2D eigenvalue weighted by Gasteiger charge is -2.05. The number of ketones is 1. The smallest absolute Gasteiger partial charge is 0.167 e. The summed E-state index contributed by atoms with van der Waals surface area (Å²) in [6.07, 6.45) is -0.444. The Bertz CT molecular complexity index is 620. The second kappa shape index (κ2) is 5.45. The van der Waals surface area contributed by atoms with E-state index in [9.17, 15) is 18.0 Å². The summed E-state index contributed by atoms with van der Waals surface area (Å²) >= 11 is 5.55. The van der Waals surface area contributed by atoms with E-state index in [1.54, 1.807) is 0 Å². The van der Waals surface area contributed by atoms with Gasteiger partial charge in [0.25, 0.3) is 0 Å². The van der Waals surface area contributed by atoms with E-state index in [2.05, 4.69) is 0 Å². The third-order valence-electron chi connectivity index (χ3n) is 2.64. The normalized spacial score (nSPS) is 10.5. The molecule has 0 atom stereocenters. The number of halogens is 4. The van der Waals surface area contributed by atoms with E-state index < -0.39 is 29.7 Å². The van der Waals surface area contributed by atoms with Crippen molar-refractivity contribution in [1.29, 1.82) is 0 Å². The summed E-state index contributed by atoms with van der Waals surface area (Å²) in [7, 11) is 0. The number of Topliss-reactive ketones (excluding diaryl/α,β-unsaturated/α-hetero) is 1. The fourth-order valence-electron chi connectivity index (χ4n) is 1.63. The van der Waals surface area contributed by atoms with E-state index >= 15 is 0 Å². The number of carbonyl (C=O) groups is 1. The van der Waals surface area contributed by atoms with Crippen molar-refractivity contribution in [1.82, 2.24) is 0 Å². The molecule has 2 rings (SSSR count). The lowest BCUT2D eigenvalue weighted by atomic mass is 10.0. The van der Waals surface area contributed by atoms with Gasteiger partial charge in [-0.2, -0.15) is 0 Å². The molecule has 0 N–H and O–H groups in total. The van der Waals surface area contributed by atoms with Crippen LogP contribution in [-0.2, 0) is 6.42 Å². The van der Waals surface area contributed by atoms with Gasteiger partial charge in [-0.3, -0.25) is 4.79 Å². The molecule has 0 aliphatic carbocycles. The van der Waals surface area contributed by atoms with Crippen molar-refractivity contribution in [2.24, 2.45) is 0 Å². The Morgan fingerprint density at radius 1 is 1.00 bits per heavy atom. The molecular formula is C14H8ClF3O. The summed E-state index contributed by atoms with van der Waals surface area (Å²) in [5.74, 6) is -2.77. The zero-order valence-electron chi connectivity index (χ0n) is 9.59. The van der Waals surface area contributed by atoms with Crippen LogP contribution in [0.5, 0.6) is 0 Å². The molecule has 2 aromatic rings. The van der Waals surface area contributed by atoms with E-state index in [4.69, 9.17) is 11.6 Å². The van der Waals surface area contributed by atoms with Gasteiger partial charge in [-0.1, -0.05) is 17.7 Å². The van der Waals surface area contributed by atoms with Crippen LogP contribution in [-0.4, -0.2) is 5.78 Å². The summed E-state index contributed by atoms with van der Waals surface area (Å²) in [6, 6.07) is 6.76. The first-order valence-electron chi connectivity index (χ1n) is 5.40. The van der Waals surface area contributed by atoms with Crippen LogP contribution in [0.25, 0.3) is 0 Å². The Kier molecular flexibility index (Phi) is 3.90. The first kappa shape index (κ1) is 13.6. The zero-order chi connectivity index (χ0) is 14.0. The Hall–Kier alpha value is -1.81. The Morgan fingerprint density at radius 2 is 1.63 bits per heavy atom. The summed E-state index contributed by atoms with van der Waals surface area (Å²) < 4.78 is 39.7. The highest BCUT2D eigenvalue weighted by molar-refractivity contribution is 6.31. The van der Waals surface area contributed by atoms with Gasteiger partial charge in [0.1, 0.15) is 17.5 Å². The van der Waals surface area contributed by atoms with E-state index in [1.807, 2.05) is 0 Å². The largest absolute Gasteiger partial charge is 0.294 e. The number of hydrogen-bond donors (Lipinski definition) is 0. The van der Waals surface area contributed by atoms with E-state index in [-0.39, 0.29) is 16.1 Å². The quantitative estimate of drug-likeness (QED) is 0.773. The van der Waals surface area contributed by atoms with Crippen LogP contribution in [0.4, 0.5) is 13.2 Å². The molecule has 0 saturated heterocycles. The lowest BCUT2D eigenvalue weighted by molar-refractivity contribution is 0.0990. The van der Waals surface area contributed by atoms with Gasteiger partial charge in [0.05, 0.1) is 5.02 Å². The fraction of sp³-hybridized carbons (Fsp3) is 0.0714. The first-order chi connectivity index (χ1) is 8.99. The summed E-state index contributed by atoms with van der Waals surface area (Å²) in [5, 5.41) is -0.208. The second-order valence-corrected chi connectivity index (χ2v) is 4.34. The molecule has 0 aromatic heterocycles. The minimum atomic E-state index is -0.790. The highest BCUT2D eigenvalue weighted by Crippen LogP contribution is 2.19. The van der Waals surface area contributed by atoms with Gasteiger partial charge in [-0.25, -0.2) is 13.2 Å². The maximum Gasteiger partial charge on any atom is 0.167 e. The molecule has 0 spiro atoms. The Morgan fingerprint density at radius 3 is 2.21 bits per heavy atom. The third-order valence-corrected chi connectivity index (χ3v) is 2.93. The monoisotopic (exact) mass is 284 g/mol. The van der Waals surface area contributed by atoms with Crippen LogP contribution in [0.2, 0.25) is 5.02 Å². The average Bonchev–Trinajstić information content (AvgIpc) is 2.37. The fourth-order valence-corrected chi connectivity index (χ4v) is 1.81. The van der Waals surface area contributed by atoms with Gasteiger partial charge in [-0.15, -0.1) is 0 Å². The van der Waals surface area contributed by atoms with Crippen molar-refractivity contribution in [3.8, 4) is 0 Å². The SMILES string of the molecule is O=C(Cc1c(F)cccc1F)c1ccc(F)c(Cl)c1. The van der Waals surface area contributed by atoms with E-state index in [0.717, 1.165) is 24.3 Å². The molecule has 0 amide bonds. The maximum atomic E-state index is 13.4.